The van der Waals surface area contributed by atoms with Crippen molar-refractivity contribution < 1.29 is 0 Å². The lowest BCUT2D eigenvalue weighted by atomic mass is 9.67. The molecule has 1 aliphatic rings. The van der Waals surface area contributed by atoms with Crippen LogP contribution in [0.25, 0.3) is 0 Å². The second kappa shape index (κ2) is 5.05. The first kappa shape index (κ1) is 14.0. The number of rotatable bonds is 4. The number of hydrogen-bond acceptors (Lipinski definition) is 2. The molecule has 0 spiro atoms. The van der Waals surface area contributed by atoms with Gasteiger partial charge in [0.15, 0.2) is 0 Å². The van der Waals surface area contributed by atoms with Gasteiger partial charge in [-0.1, -0.05) is 27.2 Å². The van der Waals surface area contributed by atoms with Crippen LogP contribution in [-0.4, -0.2) is 29.6 Å². The highest BCUT2D eigenvalue weighted by Gasteiger charge is 2.43. The third-order valence-electron chi connectivity index (χ3n) is 4.26. The lowest BCUT2D eigenvalue weighted by Gasteiger charge is -2.52. The van der Waals surface area contributed by atoms with Crippen molar-refractivity contribution in [3.63, 3.8) is 0 Å². The summed E-state index contributed by atoms with van der Waals surface area (Å²) >= 11 is 0. The van der Waals surface area contributed by atoms with Crippen LogP contribution in [0.2, 0.25) is 0 Å². The molecule has 1 aliphatic carbocycles. The van der Waals surface area contributed by atoms with Crippen molar-refractivity contribution in [1.29, 1.82) is 0 Å². The van der Waals surface area contributed by atoms with Crippen LogP contribution in [0.5, 0.6) is 0 Å². The van der Waals surface area contributed by atoms with Crippen LogP contribution >= 0.6 is 0 Å². The summed E-state index contributed by atoms with van der Waals surface area (Å²) in [5, 5.41) is 0. The summed E-state index contributed by atoms with van der Waals surface area (Å²) in [5.41, 5.74) is 6.84. The molecule has 0 heterocycles. The molecule has 2 nitrogen and oxygen atoms in total. The maximum atomic E-state index is 6.13. The highest BCUT2D eigenvalue weighted by atomic mass is 15.2. The lowest BCUT2D eigenvalue weighted by molar-refractivity contribution is -0.00632. The topological polar surface area (TPSA) is 29.3 Å². The van der Waals surface area contributed by atoms with Crippen molar-refractivity contribution in [3.8, 4) is 0 Å². The van der Waals surface area contributed by atoms with E-state index in [-0.39, 0.29) is 5.54 Å². The average molecular weight is 226 g/mol. The quantitative estimate of drug-likeness (QED) is 0.798. The van der Waals surface area contributed by atoms with Crippen molar-refractivity contribution in [2.24, 2.45) is 11.1 Å². The van der Waals surface area contributed by atoms with Gasteiger partial charge >= 0.3 is 0 Å². The normalized spacial score (nSPS) is 30.0. The van der Waals surface area contributed by atoms with Gasteiger partial charge in [0.1, 0.15) is 0 Å². The fraction of sp³-hybridized carbons (Fsp3) is 1.00. The van der Waals surface area contributed by atoms with Gasteiger partial charge in [-0.3, -0.25) is 4.90 Å². The highest BCUT2D eigenvalue weighted by molar-refractivity contribution is 5.00. The Kier molecular flexibility index (Phi) is 4.42. The molecule has 1 fully saturated rings. The Morgan fingerprint density at radius 3 is 2.25 bits per heavy atom. The molecule has 0 bridgehead atoms. The molecule has 1 rings (SSSR count). The molecule has 1 saturated carbocycles. The smallest absolute Gasteiger partial charge is 0.0339 e. The predicted molar refractivity (Wildman–Crippen MR) is 71.6 cm³/mol. The standard InChI is InChI=1S/C14H30N2/c1-6-16(12(2)3)14(11-15)9-7-8-13(4,5)10-14/h12H,6-11,15H2,1-5H3. The molecule has 2 heteroatoms. The fourth-order valence-corrected chi connectivity index (χ4v) is 3.75. The largest absolute Gasteiger partial charge is 0.329 e. The van der Waals surface area contributed by atoms with Crippen molar-refractivity contribution in [2.75, 3.05) is 13.1 Å². The monoisotopic (exact) mass is 226 g/mol. The number of likely N-dealkylation sites (N-methyl/N-ethyl adjacent to an activating group) is 1. The molecule has 0 aromatic heterocycles. The molecular weight excluding hydrogens is 196 g/mol. The van der Waals surface area contributed by atoms with E-state index in [4.69, 9.17) is 5.73 Å². The Hall–Kier alpha value is -0.0800. The van der Waals surface area contributed by atoms with Crippen molar-refractivity contribution in [3.05, 3.63) is 0 Å². The maximum absolute atomic E-state index is 6.13. The molecule has 1 unspecified atom stereocenters. The SMILES string of the molecule is CCN(C(C)C)C1(CN)CCCC(C)(C)C1. The van der Waals surface area contributed by atoms with Crippen LogP contribution in [0, 0.1) is 5.41 Å². The molecule has 0 aliphatic heterocycles. The van der Waals surface area contributed by atoms with E-state index in [1.54, 1.807) is 0 Å². The first-order valence-electron chi connectivity index (χ1n) is 6.84. The predicted octanol–water partition coefficient (Wildman–Crippen LogP) is 3.01. The highest BCUT2D eigenvalue weighted by Crippen LogP contribution is 2.44. The average Bonchev–Trinajstić information content (AvgIpc) is 2.16. The summed E-state index contributed by atoms with van der Waals surface area (Å²) in [6.45, 7) is 13.6. The molecule has 16 heavy (non-hydrogen) atoms. The lowest BCUT2D eigenvalue weighted by Crippen LogP contribution is -2.59. The van der Waals surface area contributed by atoms with Gasteiger partial charge in [-0.05, 0) is 45.1 Å². The Morgan fingerprint density at radius 2 is 1.88 bits per heavy atom. The molecular formula is C14H30N2. The van der Waals surface area contributed by atoms with Crippen LogP contribution in [0.1, 0.15) is 60.3 Å². The van der Waals surface area contributed by atoms with Crippen molar-refractivity contribution in [1.82, 2.24) is 4.90 Å². The van der Waals surface area contributed by atoms with Gasteiger partial charge in [0.2, 0.25) is 0 Å². The van der Waals surface area contributed by atoms with E-state index < -0.39 is 0 Å². The van der Waals surface area contributed by atoms with Gasteiger partial charge in [0.25, 0.3) is 0 Å². The third-order valence-corrected chi connectivity index (χ3v) is 4.26. The van der Waals surface area contributed by atoms with Crippen LogP contribution in [-0.2, 0) is 0 Å². The van der Waals surface area contributed by atoms with Gasteiger partial charge in [-0.25, -0.2) is 0 Å². The summed E-state index contributed by atoms with van der Waals surface area (Å²) < 4.78 is 0. The van der Waals surface area contributed by atoms with E-state index in [0.717, 1.165) is 13.1 Å². The first-order chi connectivity index (χ1) is 7.37. The van der Waals surface area contributed by atoms with E-state index >= 15 is 0 Å². The Bertz CT molecular complexity index is 223. The van der Waals surface area contributed by atoms with Crippen LogP contribution in [0.15, 0.2) is 0 Å². The summed E-state index contributed by atoms with van der Waals surface area (Å²) in [6.07, 6.45) is 5.21. The van der Waals surface area contributed by atoms with Crippen molar-refractivity contribution >= 4 is 0 Å². The molecule has 0 aromatic rings. The zero-order chi connectivity index (χ0) is 12.4. The van der Waals surface area contributed by atoms with E-state index in [1.807, 2.05) is 0 Å². The van der Waals surface area contributed by atoms with Crippen LogP contribution in [0.3, 0.4) is 0 Å². The van der Waals surface area contributed by atoms with Gasteiger partial charge in [-0.15, -0.1) is 0 Å². The summed E-state index contributed by atoms with van der Waals surface area (Å²) in [4.78, 5) is 2.62. The number of nitrogens with two attached hydrogens (primary N) is 1. The summed E-state index contributed by atoms with van der Waals surface area (Å²) in [7, 11) is 0. The van der Waals surface area contributed by atoms with Crippen LogP contribution < -0.4 is 5.73 Å². The maximum Gasteiger partial charge on any atom is 0.0339 e. The second-order valence-electron chi connectivity index (χ2n) is 6.50. The fourth-order valence-electron chi connectivity index (χ4n) is 3.75. The van der Waals surface area contributed by atoms with E-state index in [0.29, 0.717) is 11.5 Å². The first-order valence-corrected chi connectivity index (χ1v) is 6.84. The van der Waals surface area contributed by atoms with Crippen molar-refractivity contribution in [2.45, 2.75) is 71.9 Å². The number of nitrogens with zero attached hydrogens (tertiary/aromatic N) is 1. The minimum atomic E-state index is 0.255. The van der Waals surface area contributed by atoms with Gasteiger partial charge < -0.3 is 5.73 Å². The zero-order valence-corrected chi connectivity index (χ0v) is 11.8. The van der Waals surface area contributed by atoms with Crippen LogP contribution in [0.4, 0.5) is 0 Å². The van der Waals surface area contributed by atoms with E-state index in [9.17, 15) is 0 Å². The van der Waals surface area contributed by atoms with E-state index in [1.165, 1.54) is 25.7 Å². The molecule has 0 aromatic carbocycles. The molecule has 0 saturated heterocycles. The Labute approximate surface area is 102 Å². The molecule has 2 N–H and O–H groups in total. The Balaban J connectivity index is 2.91. The number of hydrogen-bond donors (Lipinski definition) is 1. The minimum absolute atomic E-state index is 0.255. The Morgan fingerprint density at radius 1 is 1.25 bits per heavy atom. The summed E-state index contributed by atoms with van der Waals surface area (Å²) in [5.74, 6) is 0. The minimum Gasteiger partial charge on any atom is -0.329 e. The second-order valence-corrected chi connectivity index (χ2v) is 6.50. The van der Waals surface area contributed by atoms with Gasteiger partial charge in [0, 0.05) is 18.1 Å². The molecule has 0 radical (unpaired) electrons. The van der Waals surface area contributed by atoms with E-state index in [2.05, 4.69) is 39.5 Å². The van der Waals surface area contributed by atoms with Gasteiger partial charge in [-0.2, -0.15) is 0 Å². The molecule has 0 amide bonds. The van der Waals surface area contributed by atoms with Gasteiger partial charge in [0.05, 0.1) is 0 Å². The molecule has 96 valence electrons. The summed E-state index contributed by atoms with van der Waals surface area (Å²) in [6, 6.07) is 0.599. The molecule has 1 atom stereocenters. The third kappa shape index (κ3) is 2.78. The zero-order valence-electron chi connectivity index (χ0n) is 11.8.